The van der Waals surface area contributed by atoms with Crippen LogP contribution >= 0.6 is 27.7 Å². The van der Waals surface area contributed by atoms with E-state index in [-0.39, 0.29) is 17.2 Å². The first kappa shape index (κ1) is 15.5. The Morgan fingerprint density at radius 2 is 2.00 bits per heavy atom. The van der Waals surface area contributed by atoms with Gasteiger partial charge in [0.05, 0.1) is 5.56 Å². The number of carbonyl (C=O) groups excluding carboxylic acids is 1. The lowest BCUT2D eigenvalue weighted by Crippen LogP contribution is -2.19. The highest BCUT2D eigenvalue weighted by Gasteiger charge is 2.13. The summed E-state index contributed by atoms with van der Waals surface area (Å²) in [5.41, 5.74) is 0.384. The largest absolute Gasteiger partial charge is 0.478 e. The Morgan fingerprint density at radius 1 is 1.24 bits per heavy atom. The van der Waals surface area contributed by atoms with Crippen LogP contribution in [0.15, 0.2) is 44.7 Å². The molecule has 0 radical (unpaired) electrons. The third-order valence-corrected chi connectivity index (χ3v) is 3.97. The van der Waals surface area contributed by atoms with Gasteiger partial charge in [-0.2, -0.15) is 0 Å². The number of rotatable bonds is 4. The highest BCUT2D eigenvalue weighted by Crippen LogP contribution is 2.31. The molecule has 0 aliphatic carbocycles. The Hall–Kier alpha value is -1.93. The molecule has 108 valence electrons. The van der Waals surface area contributed by atoms with Gasteiger partial charge >= 0.3 is 5.97 Å². The zero-order valence-electron chi connectivity index (χ0n) is 10.8. The van der Waals surface area contributed by atoms with Crippen LogP contribution in [0.25, 0.3) is 0 Å². The van der Waals surface area contributed by atoms with Crippen molar-refractivity contribution in [3.63, 3.8) is 0 Å². The lowest BCUT2D eigenvalue weighted by molar-refractivity contribution is 0.0693. The SMILES string of the molecule is CNC(=O)c1ccc(Sc2cc(Br)ccc2C(=O)O)nn1. The number of nitrogens with zero attached hydrogens (tertiary/aromatic N) is 2. The number of halogens is 1. The maximum absolute atomic E-state index is 11.4. The van der Waals surface area contributed by atoms with Crippen molar-refractivity contribution in [1.29, 1.82) is 0 Å². The molecule has 0 saturated heterocycles. The number of nitrogens with one attached hydrogen (secondary N) is 1. The summed E-state index contributed by atoms with van der Waals surface area (Å²) in [5.74, 6) is -1.34. The number of hydrogen-bond acceptors (Lipinski definition) is 5. The molecular weight excluding hydrogens is 358 g/mol. The summed E-state index contributed by atoms with van der Waals surface area (Å²) in [6.07, 6.45) is 0. The molecule has 0 fully saturated rings. The normalized spacial score (nSPS) is 10.2. The van der Waals surface area contributed by atoms with E-state index in [4.69, 9.17) is 5.11 Å². The predicted molar refractivity (Wildman–Crippen MR) is 80.6 cm³/mol. The van der Waals surface area contributed by atoms with Crippen LogP contribution in [0.5, 0.6) is 0 Å². The van der Waals surface area contributed by atoms with Crippen LogP contribution in [-0.2, 0) is 0 Å². The highest BCUT2D eigenvalue weighted by atomic mass is 79.9. The topological polar surface area (TPSA) is 92.2 Å². The van der Waals surface area contributed by atoms with Crippen molar-refractivity contribution in [2.75, 3.05) is 7.05 Å². The second-order valence-corrected chi connectivity index (χ2v) is 5.86. The Labute approximate surface area is 133 Å². The maximum Gasteiger partial charge on any atom is 0.336 e. The molecule has 1 amide bonds. The lowest BCUT2D eigenvalue weighted by Gasteiger charge is -2.06. The summed E-state index contributed by atoms with van der Waals surface area (Å²) in [6.45, 7) is 0. The number of carboxylic acids is 1. The van der Waals surface area contributed by atoms with Crippen molar-refractivity contribution in [1.82, 2.24) is 15.5 Å². The molecule has 0 aliphatic heterocycles. The summed E-state index contributed by atoms with van der Waals surface area (Å²) in [6, 6.07) is 8.03. The van der Waals surface area contributed by atoms with Crippen molar-refractivity contribution in [2.24, 2.45) is 0 Å². The molecule has 2 rings (SSSR count). The minimum Gasteiger partial charge on any atom is -0.478 e. The minimum atomic E-state index is -1.01. The molecule has 0 atom stereocenters. The van der Waals surface area contributed by atoms with Crippen LogP contribution in [0.3, 0.4) is 0 Å². The number of amides is 1. The van der Waals surface area contributed by atoms with Crippen LogP contribution in [-0.4, -0.2) is 34.2 Å². The predicted octanol–water partition coefficient (Wildman–Crippen LogP) is 2.45. The Bertz CT molecular complexity index is 692. The monoisotopic (exact) mass is 367 g/mol. The molecule has 0 spiro atoms. The summed E-state index contributed by atoms with van der Waals surface area (Å²) < 4.78 is 0.768. The second-order valence-electron chi connectivity index (χ2n) is 3.88. The van der Waals surface area contributed by atoms with Crippen molar-refractivity contribution < 1.29 is 14.7 Å². The zero-order valence-corrected chi connectivity index (χ0v) is 13.2. The van der Waals surface area contributed by atoms with Gasteiger partial charge in [0.1, 0.15) is 5.03 Å². The molecular formula is C13H10BrN3O3S. The molecule has 1 aromatic carbocycles. The van der Waals surface area contributed by atoms with E-state index < -0.39 is 5.97 Å². The molecule has 0 saturated carbocycles. The molecule has 0 bridgehead atoms. The molecule has 0 unspecified atom stereocenters. The summed E-state index contributed by atoms with van der Waals surface area (Å²) in [7, 11) is 1.51. The van der Waals surface area contributed by atoms with E-state index in [2.05, 4.69) is 31.4 Å². The molecule has 2 N–H and O–H groups in total. The van der Waals surface area contributed by atoms with Gasteiger partial charge in [-0.05, 0) is 30.3 Å². The average molecular weight is 368 g/mol. The van der Waals surface area contributed by atoms with Gasteiger partial charge in [-0.3, -0.25) is 4.79 Å². The van der Waals surface area contributed by atoms with E-state index in [1.54, 1.807) is 18.2 Å². The van der Waals surface area contributed by atoms with Gasteiger partial charge in [0, 0.05) is 16.4 Å². The number of carboxylic acid groups (broad SMARTS) is 1. The van der Waals surface area contributed by atoms with Crippen molar-refractivity contribution >= 4 is 39.6 Å². The second kappa shape index (κ2) is 6.68. The molecule has 1 heterocycles. The zero-order chi connectivity index (χ0) is 15.4. The van der Waals surface area contributed by atoms with Gasteiger partial charge < -0.3 is 10.4 Å². The van der Waals surface area contributed by atoms with Crippen LogP contribution in [0.4, 0.5) is 0 Å². The van der Waals surface area contributed by atoms with E-state index in [1.165, 1.54) is 30.9 Å². The Kier molecular flexibility index (Phi) is 4.92. The van der Waals surface area contributed by atoms with Gasteiger partial charge in [0.15, 0.2) is 5.69 Å². The van der Waals surface area contributed by atoms with E-state index in [1.807, 2.05) is 0 Å². The summed E-state index contributed by atoms with van der Waals surface area (Å²) in [5, 5.41) is 19.8. The number of aromatic nitrogens is 2. The Morgan fingerprint density at radius 3 is 2.57 bits per heavy atom. The molecule has 1 aromatic heterocycles. The molecule has 8 heteroatoms. The quantitative estimate of drug-likeness (QED) is 0.861. The molecule has 0 aliphatic rings. The van der Waals surface area contributed by atoms with Crippen LogP contribution in [0.2, 0.25) is 0 Å². The first-order valence-electron chi connectivity index (χ1n) is 5.78. The van der Waals surface area contributed by atoms with Crippen molar-refractivity contribution in [3.05, 3.63) is 46.1 Å². The van der Waals surface area contributed by atoms with Gasteiger partial charge in [-0.25, -0.2) is 4.79 Å². The van der Waals surface area contributed by atoms with Crippen LogP contribution < -0.4 is 5.32 Å². The number of aromatic carboxylic acids is 1. The van der Waals surface area contributed by atoms with Crippen molar-refractivity contribution in [3.8, 4) is 0 Å². The lowest BCUT2D eigenvalue weighted by atomic mass is 10.2. The van der Waals surface area contributed by atoms with Crippen LogP contribution in [0.1, 0.15) is 20.8 Å². The van der Waals surface area contributed by atoms with E-state index >= 15 is 0 Å². The standard InChI is InChI=1S/C13H10BrN3O3S/c1-15-12(18)9-4-5-11(17-16-9)21-10-6-7(14)2-3-8(10)13(19)20/h2-6H,1H3,(H,15,18)(H,19,20). The number of hydrogen-bond donors (Lipinski definition) is 2. The number of carbonyl (C=O) groups is 2. The fourth-order valence-electron chi connectivity index (χ4n) is 1.49. The summed E-state index contributed by atoms with van der Waals surface area (Å²) >= 11 is 4.47. The first-order chi connectivity index (χ1) is 10.0. The van der Waals surface area contributed by atoms with E-state index in [9.17, 15) is 9.59 Å². The maximum atomic E-state index is 11.4. The minimum absolute atomic E-state index is 0.181. The highest BCUT2D eigenvalue weighted by molar-refractivity contribution is 9.10. The third-order valence-electron chi connectivity index (χ3n) is 2.49. The smallest absolute Gasteiger partial charge is 0.336 e. The molecule has 2 aromatic rings. The van der Waals surface area contributed by atoms with Gasteiger partial charge in [-0.1, -0.05) is 27.7 Å². The fraction of sp³-hybridized carbons (Fsp3) is 0.0769. The molecule has 21 heavy (non-hydrogen) atoms. The van der Waals surface area contributed by atoms with Crippen molar-refractivity contribution in [2.45, 2.75) is 9.92 Å². The third kappa shape index (κ3) is 3.79. The van der Waals surface area contributed by atoms with Gasteiger partial charge in [0.2, 0.25) is 0 Å². The van der Waals surface area contributed by atoms with Gasteiger partial charge in [-0.15, -0.1) is 10.2 Å². The van der Waals surface area contributed by atoms with Gasteiger partial charge in [0.25, 0.3) is 5.91 Å². The first-order valence-corrected chi connectivity index (χ1v) is 7.38. The molecule has 6 nitrogen and oxygen atoms in total. The van der Waals surface area contributed by atoms with Crippen LogP contribution in [0, 0.1) is 0 Å². The summed E-state index contributed by atoms with van der Waals surface area (Å²) in [4.78, 5) is 23.1. The average Bonchev–Trinajstić information content (AvgIpc) is 2.47. The Balaban J connectivity index is 2.28. The fourth-order valence-corrected chi connectivity index (χ4v) is 2.90. The van der Waals surface area contributed by atoms with E-state index in [0.717, 1.165) is 4.47 Å². The number of benzene rings is 1. The van der Waals surface area contributed by atoms with E-state index in [0.29, 0.717) is 9.92 Å².